The van der Waals surface area contributed by atoms with Crippen LogP contribution in [0.1, 0.15) is 52.9 Å². The molecule has 0 unspecified atom stereocenters. The number of unbranched alkanes of at least 4 members (excludes halogenated alkanes) is 1. The zero-order valence-corrected chi connectivity index (χ0v) is 9.34. The zero-order valence-electron chi connectivity index (χ0n) is 9.34. The third kappa shape index (κ3) is 8.26. The van der Waals surface area contributed by atoms with E-state index in [1.807, 2.05) is 0 Å². The lowest BCUT2D eigenvalue weighted by Gasteiger charge is -2.17. The van der Waals surface area contributed by atoms with Crippen LogP contribution in [-0.4, -0.2) is 19.5 Å². The quantitative estimate of drug-likeness (QED) is 0.517. The minimum atomic E-state index is 0.0415. The minimum absolute atomic E-state index is 0.0415. The van der Waals surface area contributed by atoms with Gasteiger partial charge >= 0.3 is 0 Å². The standard InChI is InChI=1S/C11H24O2/c1-4-7-8-11(12-9-5-2)13-10-6-3/h11H,4-10H2,1-3H3. The molecule has 0 amide bonds. The molecule has 0 rings (SSSR count). The Balaban J connectivity index is 3.47. The predicted octanol–water partition coefficient (Wildman–Crippen LogP) is 3.36. The molecular weight excluding hydrogens is 164 g/mol. The van der Waals surface area contributed by atoms with Crippen LogP contribution >= 0.6 is 0 Å². The molecule has 0 radical (unpaired) electrons. The lowest BCUT2D eigenvalue weighted by atomic mass is 10.2. The Morgan fingerprint density at radius 3 is 1.77 bits per heavy atom. The fourth-order valence-corrected chi connectivity index (χ4v) is 1.08. The Hall–Kier alpha value is -0.0800. The Morgan fingerprint density at radius 2 is 1.38 bits per heavy atom. The molecule has 2 nitrogen and oxygen atoms in total. The van der Waals surface area contributed by atoms with Crippen LogP contribution in [0.15, 0.2) is 0 Å². The minimum Gasteiger partial charge on any atom is -0.353 e. The van der Waals surface area contributed by atoms with Crippen molar-refractivity contribution in [2.24, 2.45) is 0 Å². The summed E-state index contributed by atoms with van der Waals surface area (Å²) in [6, 6.07) is 0. The average molecular weight is 188 g/mol. The summed E-state index contributed by atoms with van der Waals surface area (Å²) in [6.07, 6.45) is 5.62. The summed E-state index contributed by atoms with van der Waals surface area (Å²) in [6.45, 7) is 8.07. The predicted molar refractivity (Wildman–Crippen MR) is 55.8 cm³/mol. The van der Waals surface area contributed by atoms with E-state index in [9.17, 15) is 0 Å². The fraction of sp³-hybridized carbons (Fsp3) is 1.00. The molecule has 0 spiro atoms. The van der Waals surface area contributed by atoms with Gasteiger partial charge in [-0.05, 0) is 25.7 Å². The fourth-order valence-electron chi connectivity index (χ4n) is 1.08. The highest BCUT2D eigenvalue weighted by Gasteiger charge is 2.06. The van der Waals surface area contributed by atoms with Crippen LogP contribution in [0.4, 0.5) is 0 Å². The highest BCUT2D eigenvalue weighted by molar-refractivity contribution is 4.46. The number of rotatable bonds is 9. The molecule has 0 fully saturated rings. The molecular formula is C11H24O2. The number of hydrogen-bond acceptors (Lipinski definition) is 2. The molecule has 0 bridgehead atoms. The largest absolute Gasteiger partial charge is 0.353 e. The lowest BCUT2D eigenvalue weighted by molar-refractivity contribution is -0.146. The van der Waals surface area contributed by atoms with Crippen molar-refractivity contribution < 1.29 is 9.47 Å². The van der Waals surface area contributed by atoms with Crippen molar-refractivity contribution in [3.8, 4) is 0 Å². The van der Waals surface area contributed by atoms with Gasteiger partial charge in [0.15, 0.2) is 6.29 Å². The Bertz CT molecular complexity index is 75.1. The molecule has 80 valence electrons. The molecule has 0 heterocycles. The molecule has 0 aliphatic carbocycles. The van der Waals surface area contributed by atoms with Gasteiger partial charge in [0.25, 0.3) is 0 Å². The summed E-state index contributed by atoms with van der Waals surface area (Å²) in [4.78, 5) is 0. The van der Waals surface area contributed by atoms with Crippen molar-refractivity contribution >= 4 is 0 Å². The van der Waals surface area contributed by atoms with Gasteiger partial charge in [0.1, 0.15) is 0 Å². The van der Waals surface area contributed by atoms with Crippen molar-refractivity contribution in [2.45, 2.75) is 59.2 Å². The van der Waals surface area contributed by atoms with Gasteiger partial charge in [0.05, 0.1) is 0 Å². The van der Waals surface area contributed by atoms with Gasteiger partial charge in [0, 0.05) is 13.2 Å². The summed E-state index contributed by atoms with van der Waals surface area (Å²) in [7, 11) is 0. The first-order valence-electron chi connectivity index (χ1n) is 5.58. The first-order valence-corrected chi connectivity index (χ1v) is 5.58. The average Bonchev–Trinajstić information content (AvgIpc) is 2.17. The van der Waals surface area contributed by atoms with E-state index in [1.54, 1.807) is 0 Å². The molecule has 0 N–H and O–H groups in total. The molecule has 0 saturated carbocycles. The molecule has 13 heavy (non-hydrogen) atoms. The second-order valence-electron chi connectivity index (χ2n) is 3.31. The molecule has 0 aromatic rings. The summed E-state index contributed by atoms with van der Waals surface area (Å²) < 4.78 is 11.1. The second-order valence-corrected chi connectivity index (χ2v) is 3.31. The molecule has 0 aliphatic heterocycles. The van der Waals surface area contributed by atoms with Gasteiger partial charge < -0.3 is 9.47 Å². The first-order chi connectivity index (χ1) is 6.35. The topological polar surface area (TPSA) is 18.5 Å². The smallest absolute Gasteiger partial charge is 0.157 e. The summed E-state index contributed by atoms with van der Waals surface area (Å²) in [5.41, 5.74) is 0. The van der Waals surface area contributed by atoms with E-state index in [2.05, 4.69) is 20.8 Å². The Kier molecular flexibility index (Phi) is 9.94. The lowest BCUT2D eigenvalue weighted by Crippen LogP contribution is -2.18. The summed E-state index contributed by atoms with van der Waals surface area (Å²) in [5, 5.41) is 0. The second kappa shape index (κ2) is 10.0. The number of hydrogen-bond donors (Lipinski definition) is 0. The van der Waals surface area contributed by atoms with E-state index in [1.165, 1.54) is 12.8 Å². The third-order valence-corrected chi connectivity index (χ3v) is 1.81. The van der Waals surface area contributed by atoms with Gasteiger partial charge in [-0.25, -0.2) is 0 Å². The van der Waals surface area contributed by atoms with Crippen molar-refractivity contribution in [2.75, 3.05) is 13.2 Å². The van der Waals surface area contributed by atoms with Crippen LogP contribution in [0.25, 0.3) is 0 Å². The van der Waals surface area contributed by atoms with E-state index >= 15 is 0 Å². The van der Waals surface area contributed by atoms with Crippen LogP contribution in [0.5, 0.6) is 0 Å². The van der Waals surface area contributed by atoms with E-state index < -0.39 is 0 Å². The molecule has 0 aromatic carbocycles. The van der Waals surface area contributed by atoms with Gasteiger partial charge in [-0.15, -0.1) is 0 Å². The van der Waals surface area contributed by atoms with Crippen LogP contribution in [0.2, 0.25) is 0 Å². The van der Waals surface area contributed by atoms with E-state index in [4.69, 9.17) is 9.47 Å². The van der Waals surface area contributed by atoms with Crippen molar-refractivity contribution in [3.63, 3.8) is 0 Å². The molecule has 0 aliphatic rings. The van der Waals surface area contributed by atoms with Crippen LogP contribution in [0.3, 0.4) is 0 Å². The maximum absolute atomic E-state index is 5.57. The monoisotopic (exact) mass is 188 g/mol. The summed E-state index contributed by atoms with van der Waals surface area (Å²) >= 11 is 0. The molecule has 0 saturated heterocycles. The van der Waals surface area contributed by atoms with Crippen LogP contribution in [0, 0.1) is 0 Å². The highest BCUT2D eigenvalue weighted by atomic mass is 16.7. The van der Waals surface area contributed by atoms with Crippen molar-refractivity contribution in [3.05, 3.63) is 0 Å². The van der Waals surface area contributed by atoms with Gasteiger partial charge in [-0.2, -0.15) is 0 Å². The van der Waals surface area contributed by atoms with Crippen LogP contribution in [-0.2, 0) is 9.47 Å². The summed E-state index contributed by atoms with van der Waals surface area (Å²) in [5.74, 6) is 0. The Morgan fingerprint density at radius 1 is 0.846 bits per heavy atom. The Labute approximate surface area is 82.6 Å². The SMILES string of the molecule is CCCCC(OCCC)OCCC. The molecule has 2 heteroatoms. The van der Waals surface area contributed by atoms with E-state index in [-0.39, 0.29) is 6.29 Å². The molecule has 0 atom stereocenters. The maximum Gasteiger partial charge on any atom is 0.157 e. The van der Waals surface area contributed by atoms with E-state index in [0.717, 1.165) is 32.5 Å². The third-order valence-electron chi connectivity index (χ3n) is 1.81. The molecule has 0 aromatic heterocycles. The normalized spacial score (nSPS) is 11.1. The van der Waals surface area contributed by atoms with Gasteiger partial charge in [-0.3, -0.25) is 0 Å². The number of ether oxygens (including phenoxy) is 2. The highest BCUT2D eigenvalue weighted by Crippen LogP contribution is 2.07. The maximum atomic E-state index is 5.57. The van der Waals surface area contributed by atoms with Gasteiger partial charge in [0.2, 0.25) is 0 Å². The zero-order chi connectivity index (χ0) is 9.94. The van der Waals surface area contributed by atoms with Crippen molar-refractivity contribution in [1.29, 1.82) is 0 Å². The van der Waals surface area contributed by atoms with Crippen molar-refractivity contribution in [1.82, 2.24) is 0 Å². The van der Waals surface area contributed by atoms with E-state index in [0.29, 0.717) is 0 Å². The first kappa shape index (κ1) is 12.9. The van der Waals surface area contributed by atoms with Crippen LogP contribution < -0.4 is 0 Å². The van der Waals surface area contributed by atoms with Gasteiger partial charge in [-0.1, -0.05) is 27.2 Å².